The van der Waals surface area contributed by atoms with Gasteiger partial charge in [-0.1, -0.05) is 6.92 Å². The van der Waals surface area contributed by atoms with E-state index >= 15 is 0 Å². The summed E-state index contributed by atoms with van der Waals surface area (Å²) in [6.07, 6.45) is 3.84. The van der Waals surface area contributed by atoms with Crippen LogP contribution in [0.5, 0.6) is 0 Å². The molecule has 3 atom stereocenters. The lowest BCUT2D eigenvalue weighted by atomic mass is 10.0. The summed E-state index contributed by atoms with van der Waals surface area (Å²) in [5.74, 6) is 3.61. The maximum Gasteiger partial charge on any atom is 0.122 e. The van der Waals surface area contributed by atoms with Crippen molar-refractivity contribution >= 4 is 0 Å². The van der Waals surface area contributed by atoms with Crippen LogP contribution >= 0.6 is 0 Å². The number of ether oxygens (including phenoxy) is 1. The molecule has 1 aliphatic heterocycles. The summed E-state index contributed by atoms with van der Waals surface area (Å²) in [6.45, 7) is 4.97. The highest BCUT2D eigenvalue weighted by molar-refractivity contribution is 5.19. The number of nitrogens with zero attached hydrogens (tertiary/aromatic N) is 1. The van der Waals surface area contributed by atoms with E-state index in [0.717, 1.165) is 43.4 Å². The molecule has 0 amide bonds. The van der Waals surface area contributed by atoms with Gasteiger partial charge < -0.3 is 14.9 Å². The largest absolute Gasteiger partial charge is 0.464 e. The minimum Gasteiger partial charge on any atom is -0.464 e. The SMILES string of the molecule is COC1CCN(C(CN)c2ccc(C3CC3C)o2)CC1. The molecule has 112 valence electrons. The lowest BCUT2D eigenvalue weighted by Gasteiger charge is -2.35. The Balaban J connectivity index is 1.65. The smallest absolute Gasteiger partial charge is 0.122 e. The van der Waals surface area contributed by atoms with Crippen molar-refractivity contribution in [1.82, 2.24) is 4.90 Å². The van der Waals surface area contributed by atoms with E-state index < -0.39 is 0 Å². The standard InChI is InChI=1S/C16H26N2O2/c1-11-9-13(11)15-3-4-16(20-15)14(10-17)18-7-5-12(19-2)6-8-18/h3-4,11-14H,5-10,17H2,1-2H3. The predicted octanol–water partition coefficient (Wildman–Crippen LogP) is 2.51. The fourth-order valence-electron chi connectivity index (χ4n) is 3.33. The van der Waals surface area contributed by atoms with Crippen molar-refractivity contribution in [3.05, 3.63) is 23.7 Å². The van der Waals surface area contributed by atoms with E-state index in [4.69, 9.17) is 14.9 Å². The minimum atomic E-state index is 0.218. The molecule has 0 aromatic carbocycles. The first-order chi connectivity index (χ1) is 9.72. The molecule has 0 spiro atoms. The van der Waals surface area contributed by atoms with Gasteiger partial charge in [0, 0.05) is 32.7 Å². The molecule has 0 bridgehead atoms. The fraction of sp³-hybridized carbons (Fsp3) is 0.750. The average molecular weight is 278 g/mol. The Labute approximate surface area is 121 Å². The van der Waals surface area contributed by atoms with Crippen molar-refractivity contribution in [1.29, 1.82) is 0 Å². The molecule has 0 radical (unpaired) electrons. The van der Waals surface area contributed by atoms with Crippen molar-refractivity contribution in [3.8, 4) is 0 Å². The second-order valence-electron chi connectivity index (χ2n) is 6.28. The average Bonchev–Trinajstić information content (AvgIpc) is 3.02. The summed E-state index contributed by atoms with van der Waals surface area (Å²) in [5, 5.41) is 0. The Bertz CT molecular complexity index is 437. The van der Waals surface area contributed by atoms with Gasteiger partial charge in [0.25, 0.3) is 0 Å². The normalized spacial score (nSPS) is 29.6. The van der Waals surface area contributed by atoms with Gasteiger partial charge in [-0.3, -0.25) is 4.90 Å². The molecule has 1 saturated heterocycles. The molecule has 2 N–H and O–H groups in total. The topological polar surface area (TPSA) is 51.6 Å². The Morgan fingerprint density at radius 2 is 2.10 bits per heavy atom. The first kappa shape index (κ1) is 14.1. The van der Waals surface area contributed by atoms with Crippen molar-refractivity contribution < 1.29 is 9.15 Å². The minimum absolute atomic E-state index is 0.218. The van der Waals surface area contributed by atoms with Gasteiger partial charge in [0.05, 0.1) is 12.1 Å². The molecule has 4 heteroatoms. The van der Waals surface area contributed by atoms with E-state index in [9.17, 15) is 0 Å². The summed E-state index contributed by atoms with van der Waals surface area (Å²) < 4.78 is 11.5. The molecule has 1 aromatic heterocycles. The zero-order chi connectivity index (χ0) is 14.1. The Morgan fingerprint density at radius 1 is 1.40 bits per heavy atom. The number of nitrogens with two attached hydrogens (primary N) is 1. The highest BCUT2D eigenvalue weighted by Crippen LogP contribution is 2.47. The second kappa shape index (κ2) is 5.88. The number of furan rings is 1. The van der Waals surface area contributed by atoms with Gasteiger partial charge >= 0.3 is 0 Å². The highest BCUT2D eigenvalue weighted by atomic mass is 16.5. The number of hydrogen-bond acceptors (Lipinski definition) is 4. The molecule has 1 aliphatic carbocycles. The molecule has 1 saturated carbocycles. The predicted molar refractivity (Wildman–Crippen MR) is 78.6 cm³/mol. The van der Waals surface area contributed by atoms with E-state index in [1.165, 1.54) is 6.42 Å². The van der Waals surface area contributed by atoms with E-state index in [2.05, 4.69) is 24.0 Å². The first-order valence-electron chi connectivity index (χ1n) is 7.79. The van der Waals surface area contributed by atoms with Crippen LogP contribution in [-0.4, -0.2) is 37.7 Å². The third-order valence-corrected chi connectivity index (χ3v) is 4.92. The summed E-state index contributed by atoms with van der Waals surface area (Å²) >= 11 is 0. The molecule has 2 aliphatic rings. The van der Waals surface area contributed by atoms with Crippen LogP contribution in [0.2, 0.25) is 0 Å². The quantitative estimate of drug-likeness (QED) is 0.899. The number of hydrogen-bond donors (Lipinski definition) is 1. The molecular formula is C16H26N2O2. The zero-order valence-electron chi connectivity index (χ0n) is 12.5. The highest BCUT2D eigenvalue weighted by Gasteiger charge is 2.37. The van der Waals surface area contributed by atoms with Crippen LogP contribution in [0.3, 0.4) is 0 Å². The van der Waals surface area contributed by atoms with Crippen LogP contribution in [0.25, 0.3) is 0 Å². The van der Waals surface area contributed by atoms with Crippen molar-refractivity contribution in [2.45, 2.75) is 44.2 Å². The Kier molecular flexibility index (Phi) is 4.15. The van der Waals surface area contributed by atoms with Gasteiger partial charge in [0.2, 0.25) is 0 Å². The fourth-order valence-corrected chi connectivity index (χ4v) is 3.33. The molecule has 4 nitrogen and oxygen atoms in total. The van der Waals surface area contributed by atoms with Gasteiger partial charge in [0.1, 0.15) is 11.5 Å². The summed E-state index contributed by atoms with van der Waals surface area (Å²) in [5.41, 5.74) is 6.00. The van der Waals surface area contributed by atoms with E-state index in [0.29, 0.717) is 18.6 Å². The molecule has 1 aromatic rings. The lowest BCUT2D eigenvalue weighted by molar-refractivity contribution is 0.0246. The molecule has 2 heterocycles. The summed E-state index contributed by atoms with van der Waals surface area (Å²) in [4.78, 5) is 2.44. The van der Waals surface area contributed by atoms with E-state index in [1.54, 1.807) is 7.11 Å². The van der Waals surface area contributed by atoms with Gasteiger partial charge in [-0.25, -0.2) is 0 Å². The Hall–Kier alpha value is -0.840. The van der Waals surface area contributed by atoms with E-state index in [-0.39, 0.29) is 6.04 Å². The van der Waals surface area contributed by atoms with Crippen LogP contribution in [0, 0.1) is 5.92 Å². The maximum absolute atomic E-state index is 6.08. The van der Waals surface area contributed by atoms with Crippen molar-refractivity contribution in [2.75, 3.05) is 26.7 Å². The van der Waals surface area contributed by atoms with Crippen molar-refractivity contribution in [2.24, 2.45) is 11.7 Å². The zero-order valence-corrected chi connectivity index (χ0v) is 12.5. The number of piperidine rings is 1. The summed E-state index contributed by atoms with van der Waals surface area (Å²) in [7, 11) is 1.80. The van der Waals surface area contributed by atoms with Crippen LogP contribution in [0.4, 0.5) is 0 Å². The van der Waals surface area contributed by atoms with Gasteiger partial charge in [0.15, 0.2) is 0 Å². The molecule has 3 rings (SSSR count). The van der Waals surface area contributed by atoms with Crippen LogP contribution in [0.1, 0.15) is 49.7 Å². The number of methoxy groups -OCH3 is 1. The van der Waals surface area contributed by atoms with Crippen LogP contribution in [-0.2, 0) is 4.74 Å². The molecular weight excluding hydrogens is 252 g/mol. The second-order valence-corrected chi connectivity index (χ2v) is 6.28. The number of rotatable bonds is 5. The van der Waals surface area contributed by atoms with Crippen LogP contribution in [0.15, 0.2) is 16.5 Å². The van der Waals surface area contributed by atoms with Gasteiger partial charge in [-0.05, 0) is 37.3 Å². The molecule has 2 fully saturated rings. The molecule has 20 heavy (non-hydrogen) atoms. The van der Waals surface area contributed by atoms with Crippen LogP contribution < -0.4 is 5.73 Å². The van der Waals surface area contributed by atoms with Gasteiger partial charge in [-0.15, -0.1) is 0 Å². The van der Waals surface area contributed by atoms with E-state index in [1.807, 2.05) is 0 Å². The lowest BCUT2D eigenvalue weighted by Crippen LogP contribution is -2.41. The monoisotopic (exact) mass is 278 g/mol. The van der Waals surface area contributed by atoms with Gasteiger partial charge in [-0.2, -0.15) is 0 Å². The first-order valence-corrected chi connectivity index (χ1v) is 7.79. The third-order valence-electron chi connectivity index (χ3n) is 4.92. The Morgan fingerprint density at radius 3 is 2.65 bits per heavy atom. The summed E-state index contributed by atoms with van der Waals surface area (Å²) in [6, 6.07) is 4.49. The molecule has 3 unspecified atom stereocenters. The van der Waals surface area contributed by atoms with Crippen molar-refractivity contribution in [3.63, 3.8) is 0 Å². The number of likely N-dealkylation sites (tertiary alicyclic amines) is 1. The maximum atomic E-state index is 6.08. The third kappa shape index (κ3) is 2.78.